The van der Waals surface area contributed by atoms with E-state index in [2.05, 4.69) is 6.92 Å². The number of hydrogen-bond donors (Lipinski definition) is 0. The molecule has 0 radical (unpaired) electrons. The van der Waals surface area contributed by atoms with E-state index in [9.17, 15) is 9.18 Å². The first-order chi connectivity index (χ1) is 14.5. The number of fused-ring (bicyclic) bond motifs is 1. The molecule has 0 spiro atoms. The maximum atomic E-state index is 14.1. The minimum absolute atomic E-state index is 0.000103. The van der Waals surface area contributed by atoms with Crippen LogP contribution >= 0.6 is 23.1 Å². The highest BCUT2D eigenvalue weighted by Crippen LogP contribution is 2.31. The van der Waals surface area contributed by atoms with Crippen molar-refractivity contribution >= 4 is 33.3 Å². The summed E-state index contributed by atoms with van der Waals surface area (Å²) in [6, 6.07) is 4.93. The summed E-state index contributed by atoms with van der Waals surface area (Å²) in [4.78, 5) is 20.2. The van der Waals surface area contributed by atoms with Gasteiger partial charge in [0.15, 0.2) is 16.7 Å². The van der Waals surface area contributed by atoms with Gasteiger partial charge in [0, 0.05) is 17.2 Å². The van der Waals surface area contributed by atoms with Gasteiger partial charge >= 0.3 is 0 Å². The molecule has 1 aliphatic heterocycles. The van der Waals surface area contributed by atoms with Crippen LogP contribution in [0.5, 0.6) is 5.75 Å². The number of thiophene rings is 1. The fourth-order valence-electron chi connectivity index (χ4n) is 3.87. The number of hydrogen-bond acceptors (Lipinski definition) is 6. The van der Waals surface area contributed by atoms with Gasteiger partial charge in [-0.25, -0.2) is 9.37 Å². The Hall–Kier alpha value is -1.90. The number of nitrogens with zero attached hydrogens (tertiary/aromatic N) is 2. The molecule has 1 unspecified atom stereocenters. The molecule has 1 aromatic carbocycles. The van der Waals surface area contributed by atoms with Crippen LogP contribution in [-0.2, 0) is 23.5 Å². The van der Waals surface area contributed by atoms with Gasteiger partial charge in [-0.05, 0) is 49.4 Å². The zero-order chi connectivity index (χ0) is 21.3. The molecule has 1 fully saturated rings. The summed E-state index contributed by atoms with van der Waals surface area (Å²) in [5.74, 6) is 0.340. The van der Waals surface area contributed by atoms with E-state index in [4.69, 9.17) is 14.5 Å². The standard InChI is InChI=1S/C22H25FN2O3S2/c1-4-16-13(2)30-20-19(16)21(26)25(11-15-6-5-9-28-15)22(24-20)29-12-14-7-8-18(27-3)17(23)10-14/h7-8,10,15H,4-6,9,11-12H2,1-3H3. The van der Waals surface area contributed by atoms with Gasteiger partial charge in [-0.2, -0.15) is 0 Å². The molecule has 2 aromatic heterocycles. The summed E-state index contributed by atoms with van der Waals surface area (Å²) in [6.07, 6.45) is 2.80. The maximum Gasteiger partial charge on any atom is 0.263 e. The minimum atomic E-state index is -0.391. The van der Waals surface area contributed by atoms with Crippen LogP contribution < -0.4 is 10.3 Å². The van der Waals surface area contributed by atoms with Crippen LogP contribution in [0.4, 0.5) is 4.39 Å². The highest BCUT2D eigenvalue weighted by molar-refractivity contribution is 7.98. The summed E-state index contributed by atoms with van der Waals surface area (Å²) in [5, 5.41) is 1.39. The average Bonchev–Trinajstić information content (AvgIpc) is 3.35. The lowest BCUT2D eigenvalue weighted by Gasteiger charge is -2.16. The number of benzene rings is 1. The molecule has 1 saturated heterocycles. The molecule has 160 valence electrons. The van der Waals surface area contributed by atoms with Gasteiger partial charge in [-0.3, -0.25) is 9.36 Å². The molecule has 0 amide bonds. The van der Waals surface area contributed by atoms with Gasteiger partial charge in [0.25, 0.3) is 5.56 Å². The Labute approximate surface area is 183 Å². The molecular formula is C22H25FN2O3S2. The lowest BCUT2D eigenvalue weighted by Crippen LogP contribution is -2.29. The molecular weight excluding hydrogens is 423 g/mol. The lowest BCUT2D eigenvalue weighted by atomic mass is 10.1. The summed E-state index contributed by atoms with van der Waals surface area (Å²) in [6.45, 7) is 5.35. The van der Waals surface area contributed by atoms with E-state index in [1.54, 1.807) is 22.0 Å². The Balaban J connectivity index is 1.71. The van der Waals surface area contributed by atoms with Crippen LogP contribution in [0.3, 0.4) is 0 Å². The summed E-state index contributed by atoms with van der Waals surface area (Å²) < 4.78 is 26.6. The molecule has 0 saturated carbocycles. The van der Waals surface area contributed by atoms with Gasteiger partial charge in [0.2, 0.25) is 0 Å². The zero-order valence-electron chi connectivity index (χ0n) is 17.4. The van der Waals surface area contributed by atoms with Crippen molar-refractivity contribution in [3.63, 3.8) is 0 Å². The molecule has 0 bridgehead atoms. The molecule has 8 heteroatoms. The fourth-order valence-corrected chi connectivity index (χ4v) is 5.97. The molecule has 0 N–H and O–H groups in total. The number of aromatic nitrogens is 2. The van der Waals surface area contributed by atoms with E-state index in [0.29, 0.717) is 17.5 Å². The van der Waals surface area contributed by atoms with E-state index in [1.807, 2.05) is 13.0 Å². The molecule has 0 aliphatic carbocycles. The van der Waals surface area contributed by atoms with Gasteiger partial charge < -0.3 is 9.47 Å². The predicted molar refractivity (Wildman–Crippen MR) is 119 cm³/mol. The van der Waals surface area contributed by atoms with Gasteiger partial charge in [0.05, 0.1) is 25.1 Å². The normalized spacial score (nSPS) is 16.5. The van der Waals surface area contributed by atoms with Crippen LogP contribution in [0.15, 0.2) is 28.2 Å². The highest BCUT2D eigenvalue weighted by Gasteiger charge is 2.22. The summed E-state index contributed by atoms with van der Waals surface area (Å²) in [7, 11) is 1.45. The number of rotatable bonds is 7. The Morgan fingerprint density at radius 3 is 2.93 bits per heavy atom. The van der Waals surface area contributed by atoms with Gasteiger partial charge in [0.1, 0.15) is 4.83 Å². The third-order valence-electron chi connectivity index (χ3n) is 5.43. The summed E-state index contributed by atoms with van der Waals surface area (Å²) >= 11 is 3.02. The van der Waals surface area contributed by atoms with Crippen LogP contribution in [0.25, 0.3) is 10.2 Å². The number of methoxy groups -OCH3 is 1. The number of aryl methyl sites for hydroxylation is 2. The molecule has 3 heterocycles. The third kappa shape index (κ3) is 4.13. The second-order valence-electron chi connectivity index (χ2n) is 7.37. The predicted octanol–water partition coefficient (Wildman–Crippen LogP) is 4.95. The van der Waals surface area contributed by atoms with Crippen molar-refractivity contribution in [3.05, 3.63) is 50.4 Å². The Kier molecular flexibility index (Phi) is 6.46. The van der Waals surface area contributed by atoms with Crippen molar-refractivity contribution in [3.8, 4) is 5.75 Å². The third-order valence-corrected chi connectivity index (χ3v) is 7.51. The molecule has 5 nitrogen and oxygen atoms in total. The second-order valence-corrected chi connectivity index (χ2v) is 9.52. The highest BCUT2D eigenvalue weighted by atomic mass is 32.2. The van der Waals surface area contributed by atoms with Crippen LogP contribution in [0, 0.1) is 12.7 Å². The first kappa shape index (κ1) is 21.3. The number of halogens is 1. The Bertz CT molecular complexity index is 1120. The van der Waals surface area contributed by atoms with Crippen LogP contribution in [0.1, 0.15) is 35.8 Å². The van der Waals surface area contributed by atoms with Crippen LogP contribution in [-0.4, -0.2) is 29.4 Å². The lowest BCUT2D eigenvalue weighted by molar-refractivity contribution is 0.0937. The molecule has 1 aliphatic rings. The fraction of sp³-hybridized carbons (Fsp3) is 0.455. The Morgan fingerprint density at radius 2 is 2.27 bits per heavy atom. The van der Waals surface area contributed by atoms with Crippen molar-refractivity contribution in [1.82, 2.24) is 9.55 Å². The van der Waals surface area contributed by atoms with E-state index < -0.39 is 5.82 Å². The van der Waals surface area contributed by atoms with E-state index in [0.717, 1.165) is 52.1 Å². The smallest absolute Gasteiger partial charge is 0.263 e. The number of thioether (sulfide) groups is 1. The topological polar surface area (TPSA) is 53.4 Å². The first-order valence-electron chi connectivity index (χ1n) is 10.1. The van der Waals surface area contributed by atoms with Crippen molar-refractivity contribution < 1.29 is 13.9 Å². The number of ether oxygens (including phenoxy) is 2. The largest absolute Gasteiger partial charge is 0.494 e. The van der Waals surface area contributed by atoms with E-state index in [1.165, 1.54) is 24.9 Å². The molecule has 4 rings (SSSR count). The average molecular weight is 449 g/mol. The quantitative estimate of drug-likeness (QED) is 0.378. The SMILES string of the molecule is CCc1c(C)sc2nc(SCc3ccc(OC)c(F)c3)n(CC3CCCO3)c(=O)c12. The van der Waals surface area contributed by atoms with Gasteiger partial charge in [-0.15, -0.1) is 11.3 Å². The van der Waals surface area contributed by atoms with Crippen molar-refractivity contribution in [2.45, 2.75) is 56.7 Å². The Morgan fingerprint density at radius 1 is 1.43 bits per heavy atom. The molecule has 3 aromatic rings. The monoisotopic (exact) mass is 448 g/mol. The van der Waals surface area contributed by atoms with E-state index in [-0.39, 0.29) is 17.4 Å². The van der Waals surface area contributed by atoms with Gasteiger partial charge in [-0.1, -0.05) is 24.8 Å². The zero-order valence-corrected chi connectivity index (χ0v) is 19.0. The van der Waals surface area contributed by atoms with Crippen molar-refractivity contribution in [1.29, 1.82) is 0 Å². The summed E-state index contributed by atoms with van der Waals surface area (Å²) in [5.41, 5.74) is 1.90. The maximum absolute atomic E-state index is 14.1. The minimum Gasteiger partial charge on any atom is -0.494 e. The van der Waals surface area contributed by atoms with Crippen molar-refractivity contribution in [2.75, 3.05) is 13.7 Å². The second kappa shape index (κ2) is 9.08. The molecule has 30 heavy (non-hydrogen) atoms. The van der Waals surface area contributed by atoms with Crippen LogP contribution in [0.2, 0.25) is 0 Å². The van der Waals surface area contributed by atoms with Crippen molar-refractivity contribution in [2.24, 2.45) is 0 Å². The first-order valence-corrected chi connectivity index (χ1v) is 11.9. The van der Waals surface area contributed by atoms with E-state index >= 15 is 0 Å². The molecule has 1 atom stereocenters.